The van der Waals surface area contributed by atoms with Crippen molar-refractivity contribution in [2.75, 3.05) is 18.4 Å². The first-order valence-electron chi connectivity index (χ1n) is 10.1. The molecule has 1 atom stereocenters. The first-order chi connectivity index (χ1) is 13.0. The van der Waals surface area contributed by atoms with Crippen molar-refractivity contribution in [1.29, 1.82) is 0 Å². The summed E-state index contributed by atoms with van der Waals surface area (Å²) < 4.78 is 2.17. The normalized spacial score (nSPS) is 15.3. The van der Waals surface area contributed by atoms with Crippen LogP contribution in [0.1, 0.15) is 57.3 Å². The van der Waals surface area contributed by atoms with Gasteiger partial charge in [-0.3, -0.25) is 4.79 Å². The molecule has 29 heavy (non-hydrogen) atoms. The third-order valence-electron chi connectivity index (χ3n) is 5.52. The molecule has 162 valence electrons. The zero-order valence-corrected chi connectivity index (χ0v) is 19.2. The van der Waals surface area contributed by atoms with Gasteiger partial charge in [-0.1, -0.05) is 32.9 Å². The second-order valence-corrected chi connectivity index (χ2v) is 8.09. The SMILES string of the molecule is CC(C)c1nccn1Cc1cccc(NC(=O)CC(C)C2CCNCC2)c1.Cl.Cl. The zero-order valence-electron chi connectivity index (χ0n) is 17.6. The number of nitrogens with one attached hydrogen (secondary N) is 2. The molecule has 0 radical (unpaired) electrons. The summed E-state index contributed by atoms with van der Waals surface area (Å²) in [5, 5.41) is 6.48. The fraction of sp³-hybridized carbons (Fsp3) is 0.545. The minimum Gasteiger partial charge on any atom is -0.330 e. The average Bonchev–Trinajstić information content (AvgIpc) is 3.11. The van der Waals surface area contributed by atoms with Crippen LogP contribution in [-0.4, -0.2) is 28.5 Å². The lowest BCUT2D eigenvalue weighted by Crippen LogP contribution is -2.32. The predicted octanol–water partition coefficient (Wildman–Crippen LogP) is 4.86. The number of carbonyl (C=O) groups is 1. The molecule has 1 aliphatic rings. The van der Waals surface area contributed by atoms with Crippen LogP contribution in [-0.2, 0) is 11.3 Å². The summed E-state index contributed by atoms with van der Waals surface area (Å²) >= 11 is 0. The van der Waals surface area contributed by atoms with Crippen LogP contribution in [0.5, 0.6) is 0 Å². The maximum absolute atomic E-state index is 12.5. The Hall–Kier alpha value is -1.56. The van der Waals surface area contributed by atoms with Gasteiger partial charge in [-0.2, -0.15) is 0 Å². The Balaban J connectivity index is 0.00000210. The van der Waals surface area contributed by atoms with Crippen LogP contribution in [0, 0.1) is 11.8 Å². The molecule has 7 heteroatoms. The van der Waals surface area contributed by atoms with Gasteiger partial charge in [0.1, 0.15) is 5.82 Å². The molecule has 1 aliphatic heterocycles. The van der Waals surface area contributed by atoms with Crippen molar-refractivity contribution in [3.8, 4) is 0 Å². The molecule has 2 aromatic rings. The van der Waals surface area contributed by atoms with Crippen LogP contribution in [0.4, 0.5) is 5.69 Å². The second kappa shape index (κ2) is 12.2. The Morgan fingerprint density at radius 2 is 1.97 bits per heavy atom. The number of hydrogen-bond donors (Lipinski definition) is 2. The van der Waals surface area contributed by atoms with E-state index in [-0.39, 0.29) is 30.7 Å². The van der Waals surface area contributed by atoms with E-state index >= 15 is 0 Å². The van der Waals surface area contributed by atoms with E-state index in [0.29, 0.717) is 24.2 Å². The molecule has 3 rings (SSSR count). The van der Waals surface area contributed by atoms with Crippen molar-refractivity contribution in [3.05, 3.63) is 48.0 Å². The molecule has 1 aromatic heterocycles. The lowest BCUT2D eigenvalue weighted by Gasteiger charge is -2.27. The molecule has 1 aromatic carbocycles. The summed E-state index contributed by atoms with van der Waals surface area (Å²) in [7, 11) is 0. The number of imidazole rings is 1. The first kappa shape index (κ1) is 25.5. The quantitative estimate of drug-likeness (QED) is 0.645. The molecule has 2 N–H and O–H groups in total. The van der Waals surface area contributed by atoms with E-state index in [2.05, 4.69) is 53.1 Å². The van der Waals surface area contributed by atoms with Crippen molar-refractivity contribution in [1.82, 2.24) is 14.9 Å². The van der Waals surface area contributed by atoms with Crippen LogP contribution in [0.2, 0.25) is 0 Å². The Labute approximate surface area is 186 Å². The van der Waals surface area contributed by atoms with Gasteiger partial charge in [0.25, 0.3) is 0 Å². The first-order valence-corrected chi connectivity index (χ1v) is 10.1. The number of nitrogens with zero attached hydrogens (tertiary/aromatic N) is 2. The Morgan fingerprint density at radius 1 is 1.24 bits per heavy atom. The Bertz CT molecular complexity index is 757. The van der Waals surface area contributed by atoms with Gasteiger partial charge >= 0.3 is 0 Å². The van der Waals surface area contributed by atoms with E-state index < -0.39 is 0 Å². The topological polar surface area (TPSA) is 59.0 Å². The number of amides is 1. The fourth-order valence-corrected chi connectivity index (χ4v) is 3.98. The van der Waals surface area contributed by atoms with Crippen molar-refractivity contribution in [3.63, 3.8) is 0 Å². The summed E-state index contributed by atoms with van der Waals surface area (Å²) in [4.78, 5) is 16.9. The molecule has 0 spiro atoms. The fourth-order valence-electron chi connectivity index (χ4n) is 3.98. The molecule has 1 amide bonds. The molecule has 0 bridgehead atoms. The third-order valence-corrected chi connectivity index (χ3v) is 5.52. The summed E-state index contributed by atoms with van der Waals surface area (Å²) in [5.74, 6) is 2.66. The lowest BCUT2D eigenvalue weighted by atomic mass is 9.84. The van der Waals surface area contributed by atoms with Gasteiger partial charge in [-0.15, -0.1) is 24.8 Å². The Morgan fingerprint density at radius 3 is 2.66 bits per heavy atom. The minimum atomic E-state index is 0. The van der Waals surface area contributed by atoms with E-state index in [9.17, 15) is 4.79 Å². The van der Waals surface area contributed by atoms with E-state index in [0.717, 1.165) is 31.1 Å². The van der Waals surface area contributed by atoms with Crippen LogP contribution in [0.15, 0.2) is 36.7 Å². The highest BCUT2D eigenvalue weighted by molar-refractivity contribution is 5.90. The molecule has 0 aliphatic carbocycles. The summed E-state index contributed by atoms with van der Waals surface area (Å²) in [6.45, 7) is 9.43. The second-order valence-electron chi connectivity index (χ2n) is 8.09. The molecular weight excluding hydrogens is 407 g/mol. The van der Waals surface area contributed by atoms with E-state index in [1.807, 2.05) is 24.5 Å². The van der Waals surface area contributed by atoms with Crippen molar-refractivity contribution in [2.24, 2.45) is 11.8 Å². The highest BCUT2D eigenvalue weighted by Crippen LogP contribution is 2.25. The summed E-state index contributed by atoms with van der Waals surface area (Å²) in [6.07, 6.45) is 6.80. The lowest BCUT2D eigenvalue weighted by molar-refractivity contribution is -0.117. The van der Waals surface area contributed by atoms with Gasteiger partial charge in [0.15, 0.2) is 0 Å². The molecule has 0 saturated carbocycles. The molecular formula is C22H34Cl2N4O. The number of anilines is 1. The molecule has 1 fully saturated rings. The minimum absolute atomic E-state index is 0. The molecule has 2 heterocycles. The maximum atomic E-state index is 12.5. The van der Waals surface area contributed by atoms with Gasteiger partial charge in [-0.25, -0.2) is 4.98 Å². The summed E-state index contributed by atoms with van der Waals surface area (Å²) in [6, 6.07) is 8.13. The maximum Gasteiger partial charge on any atom is 0.224 e. The van der Waals surface area contributed by atoms with Gasteiger partial charge in [0.05, 0.1) is 0 Å². The molecule has 1 unspecified atom stereocenters. The molecule has 1 saturated heterocycles. The van der Waals surface area contributed by atoms with Crippen molar-refractivity contribution >= 4 is 36.4 Å². The predicted molar refractivity (Wildman–Crippen MR) is 124 cm³/mol. The van der Waals surface area contributed by atoms with Crippen molar-refractivity contribution < 1.29 is 4.79 Å². The van der Waals surface area contributed by atoms with E-state index in [1.54, 1.807) is 0 Å². The van der Waals surface area contributed by atoms with Crippen LogP contribution in [0.25, 0.3) is 0 Å². The number of benzene rings is 1. The van der Waals surface area contributed by atoms with Crippen LogP contribution < -0.4 is 10.6 Å². The van der Waals surface area contributed by atoms with Gasteiger partial charge in [-0.05, 0) is 55.5 Å². The highest BCUT2D eigenvalue weighted by Gasteiger charge is 2.22. The monoisotopic (exact) mass is 440 g/mol. The van der Waals surface area contributed by atoms with Crippen LogP contribution in [0.3, 0.4) is 0 Å². The molecule has 5 nitrogen and oxygen atoms in total. The number of hydrogen-bond acceptors (Lipinski definition) is 3. The van der Waals surface area contributed by atoms with Gasteiger partial charge < -0.3 is 15.2 Å². The summed E-state index contributed by atoms with van der Waals surface area (Å²) in [5.41, 5.74) is 2.04. The average molecular weight is 441 g/mol. The Kier molecular flexibility index (Phi) is 10.7. The van der Waals surface area contributed by atoms with E-state index in [1.165, 1.54) is 18.4 Å². The van der Waals surface area contributed by atoms with E-state index in [4.69, 9.17) is 0 Å². The van der Waals surface area contributed by atoms with Crippen molar-refractivity contribution in [2.45, 2.75) is 52.5 Å². The smallest absolute Gasteiger partial charge is 0.224 e. The zero-order chi connectivity index (χ0) is 19.2. The standard InChI is InChI=1S/C22H32N4O.2ClH/c1-16(2)22-24-11-12-26(22)15-18-5-4-6-20(14-18)25-21(27)13-17(3)19-7-9-23-10-8-19;;/h4-6,11-12,14,16-17,19,23H,7-10,13,15H2,1-3H3,(H,25,27);2*1H. The highest BCUT2D eigenvalue weighted by atomic mass is 35.5. The van der Waals surface area contributed by atoms with Gasteiger partial charge in [0.2, 0.25) is 5.91 Å². The number of piperidine rings is 1. The number of halogens is 2. The van der Waals surface area contributed by atoms with Crippen LogP contribution >= 0.6 is 24.8 Å². The number of carbonyl (C=O) groups excluding carboxylic acids is 1. The third kappa shape index (κ3) is 7.32. The largest absolute Gasteiger partial charge is 0.330 e. The number of aromatic nitrogens is 2. The van der Waals surface area contributed by atoms with Gasteiger partial charge in [0, 0.05) is 37.0 Å². The number of rotatable bonds is 7.